The van der Waals surface area contributed by atoms with Gasteiger partial charge in [-0.25, -0.2) is 8.42 Å². The molecule has 100 valence electrons. The zero-order valence-corrected chi connectivity index (χ0v) is 11.8. The van der Waals surface area contributed by atoms with E-state index < -0.39 is 9.84 Å². The SMILES string of the molecule is CC(C)S(=O)(=O)c1ccc(C2CCNCC2)cc1. The molecular weight excluding hydrogens is 246 g/mol. The summed E-state index contributed by atoms with van der Waals surface area (Å²) >= 11 is 0. The van der Waals surface area contributed by atoms with Crippen LogP contribution in [0.2, 0.25) is 0 Å². The Morgan fingerprint density at radius 2 is 1.67 bits per heavy atom. The Balaban J connectivity index is 2.20. The number of benzene rings is 1. The quantitative estimate of drug-likeness (QED) is 0.914. The van der Waals surface area contributed by atoms with Gasteiger partial charge in [0.25, 0.3) is 0 Å². The van der Waals surface area contributed by atoms with Gasteiger partial charge in [-0.3, -0.25) is 0 Å². The number of nitrogens with one attached hydrogen (secondary N) is 1. The van der Waals surface area contributed by atoms with Crippen molar-refractivity contribution in [3.8, 4) is 0 Å². The van der Waals surface area contributed by atoms with Crippen molar-refractivity contribution in [3.05, 3.63) is 29.8 Å². The minimum atomic E-state index is -3.14. The molecule has 1 aliphatic heterocycles. The van der Waals surface area contributed by atoms with Crippen LogP contribution in [0, 0.1) is 0 Å². The van der Waals surface area contributed by atoms with Crippen LogP contribution < -0.4 is 5.32 Å². The molecule has 1 saturated heterocycles. The van der Waals surface area contributed by atoms with Gasteiger partial charge in [0.15, 0.2) is 9.84 Å². The smallest absolute Gasteiger partial charge is 0.180 e. The van der Waals surface area contributed by atoms with E-state index in [-0.39, 0.29) is 5.25 Å². The maximum atomic E-state index is 12.0. The zero-order valence-electron chi connectivity index (χ0n) is 11.0. The van der Waals surface area contributed by atoms with Crippen LogP contribution in [0.5, 0.6) is 0 Å². The van der Waals surface area contributed by atoms with Gasteiger partial charge in [-0.2, -0.15) is 0 Å². The lowest BCUT2D eigenvalue weighted by molar-refractivity contribution is 0.460. The van der Waals surface area contributed by atoms with Crippen molar-refractivity contribution in [2.45, 2.75) is 42.8 Å². The number of piperidine rings is 1. The molecule has 0 aromatic heterocycles. The molecule has 1 fully saturated rings. The van der Waals surface area contributed by atoms with Gasteiger partial charge < -0.3 is 5.32 Å². The van der Waals surface area contributed by atoms with Crippen LogP contribution in [0.3, 0.4) is 0 Å². The highest BCUT2D eigenvalue weighted by Crippen LogP contribution is 2.26. The maximum absolute atomic E-state index is 12.0. The van der Waals surface area contributed by atoms with E-state index in [4.69, 9.17) is 0 Å². The molecule has 18 heavy (non-hydrogen) atoms. The van der Waals surface area contributed by atoms with Crippen LogP contribution in [-0.2, 0) is 9.84 Å². The van der Waals surface area contributed by atoms with Gasteiger partial charge in [0.2, 0.25) is 0 Å². The summed E-state index contributed by atoms with van der Waals surface area (Å²) < 4.78 is 24.0. The predicted octanol–water partition coefficient (Wildman–Crippen LogP) is 2.34. The van der Waals surface area contributed by atoms with Gasteiger partial charge >= 0.3 is 0 Å². The van der Waals surface area contributed by atoms with Crippen LogP contribution in [0.1, 0.15) is 38.2 Å². The van der Waals surface area contributed by atoms with Crippen LogP contribution in [0.25, 0.3) is 0 Å². The lowest BCUT2D eigenvalue weighted by Gasteiger charge is -2.23. The number of hydrogen-bond acceptors (Lipinski definition) is 3. The van der Waals surface area contributed by atoms with Gasteiger partial charge in [0.05, 0.1) is 10.1 Å². The van der Waals surface area contributed by atoms with E-state index in [9.17, 15) is 8.42 Å². The van der Waals surface area contributed by atoms with Crippen LogP contribution in [0.15, 0.2) is 29.2 Å². The Kier molecular flexibility index (Phi) is 4.07. The first-order valence-electron chi connectivity index (χ1n) is 6.56. The van der Waals surface area contributed by atoms with Crippen LogP contribution in [0.4, 0.5) is 0 Å². The normalized spacial score (nSPS) is 18.2. The topological polar surface area (TPSA) is 46.2 Å². The zero-order chi connectivity index (χ0) is 13.2. The first-order chi connectivity index (χ1) is 8.51. The highest BCUT2D eigenvalue weighted by molar-refractivity contribution is 7.92. The molecule has 1 aromatic rings. The van der Waals surface area contributed by atoms with Crippen molar-refractivity contribution in [3.63, 3.8) is 0 Å². The van der Waals surface area contributed by atoms with E-state index in [1.54, 1.807) is 26.0 Å². The summed E-state index contributed by atoms with van der Waals surface area (Å²) in [6, 6.07) is 7.47. The minimum absolute atomic E-state index is 0.359. The molecule has 0 radical (unpaired) electrons. The fourth-order valence-electron chi connectivity index (χ4n) is 2.36. The maximum Gasteiger partial charge on any atom is 0.180 e. The van der Waals surface area contributed by atoms with Crippen molar-refractivity contribution in [1.29, 1.82) is 0 Å². The molecule has 1 N–H and O–H groups in total. The Hall–Kier alpha value is -0.870. The average molecular weight is 267 g/mol. The fourth-order valence-corrected chi connectivity index (χ4v) is 3.42. The van der Waals surface area contributed by atoms with E-state index in [1.807, 2.05) is 12.1 Å². The molecule has 1 aliphatic rings. The summed E-state index contributed by atoms with van der Waals surface area (Å²) in [5.74, 6) is 0.571. The second kappa shape index (κ2) is 5.41. The molecule has 0 atom stereocenters. The van der Waals surface area contributed by atoms with Crippen LogP contribution >= 0.6 is 0 Å². The van der Waals surface area contributed by atoms with Crippen molar-refractivity contribution in [2.24, 2.45) is 0 Å². The third-order valence-electron chi connectivity index (χ3n) is 3.64. The summed E-state index contributed by atoms with van der Waals surface area (Å²) in [5, 5.41) is 2.98. The fraction of sp³-hybridized carbons (Fsp3) is 0.571. The molecule has 0 amide bonds. The lowest BCUT2D eigenvalue weighted by Crippen LogP contribution is -2.26. The van der Waals surface area contributed by atoms with Gasteiger partial charge in [-0.15, -0.1) is 0 Å². The standard InChI is InChI=1S/C14H21NO2S/c1-11(2)18(16,17)14-5-3-12(4-6-14)13-7-9-15-10-8-13/h3-6,11,13,15H,7-10H2,1-2H3. The van der Waals surface area contributed by atoms with Crippen LogP contribution in [-0.4, -0.2) is 26.8 Å². The van der Waals surface area contributed by atoms with Gasteiger partial charge in [-0.1, -0.05) is 12.1 Å². The average Bonchev–Trinajstić information content (AvgIpc) is 2.40. The summed E-state index contributed by atoms with van der Waals surface area (Å²) in [4.78, 5) is 0.440. The summed E-state index contributed by atoms with van der Waals surface area (Å²) in [5.41, 5.74) is 1.26. The van der Waals surface area contributed by atoms with Gasteiger partial charge in [0, 0.05) is 0 Å². The molecule has 0 aliphatic carbocycles. The monoisotopic (exact) mass is 267 g/mol. The molecule has 1 heterocycles. The predicted molar refractivity (Wildman–Crippen MR) is 73.6 cm³/mol. The molecule has 0 bridgehead atoms. The van der Waals surface area contributed by atoms with Gasteiger partial charge in [-0.05, 0) is 63.4 Å². The summed E-state index contributed by atoms with van der Waals surface area (Å²) in [7, 11) is -3.14. The molecule has 4 heteroatoms. The Morgan fingerprint density at radius 3 is 2.17 bits per heavy atom. The van der Waals surface area contributed by atoms with Crippen molar-refractivity contribution in [1.82, 2.24) is 5.32 Å². The molecule has 0 unspecified atom stereocenters. The molecule has 3 nitrogen and oxygen atoms in total. The second-order valence-corrected chi connectivity index (χ2v) is 7.69. The van der Waals surface area contributed by atoms with E-state index >= 15 is 0 Å². The number of hydrogen-bond donors (Lipinski definition) is 1. The van der Waals surface area contributed by atoms with Crippen molar-refractivity contribution < 1.29 is 8.42 Å². The largest absolute Gasteiger partial charge is 0.317 e. The molecule has 0 saturated carbocycles. The summed E-state index contributed by atoms with van der Waals surface area (Å²) in [6.45, 7) is 5.54. The number of sulfone groups is 1. The third-order valence-corrected chi connectivity index (χ3v) is 5.81. The Morgan fingerprint density at radius 1 is 1.11 bits per heavy atom. The highest BCUT2D eigenvalue weighted by Gasteiger charge is 2.20. The van der Waals surface area contributed by atoms with E-state index in [0.29, 0.717) is 10.8 Å². The first-order valence-corrected chi connectivity index (χ1v) is 8.11. The molecule has 2 rings (SSSR count). The van der Waals surface area contributed by atoms with E-state index in [1.165, 1.54) is 5.56 Å². The molecule has 1 aromatic carbocycles. The second-order valence-electron chi connectivity index (χ2n) is 5.19. The van der Waals surface area contributed by atoms with E-state index in [2.05, 4.69) is 5.32 Å². The highest BCUT2D eigenvalue weighted by atomic mass is 32.2. The molecular formula is C14H21NO2S. The lowest BCUT2D eigenvalue weighted by atomic mass is 9.90. The van der Waals surface area contributed by atoms with Crippen molar-refractivity contribution >= 4 is 9.84 Å². The third kappa shape index (κ3) is 2.75. The summed E-state index contributed by atoms with van der Waals surface area (Å²) in [6.07, 6.45) is 2.27. The Labute approximate surface area is 110 Å². The van der Waals surface area contributed by atoms with E-state index in [0.717, 1.165) is 25.9 Å². The number of rotatable bonds is 3. The Bertz CT molecular complexity index is 485. The first kappa shape index (κ1) is 13.6. The van der Waals surface area contributed by atoms with Crippen molar-refractivity contribution in [2.75, 3.05) is 13.1 Å². The molecule has 0 spiro atoms. The van der Waals surface area contributed by atoms with Gasteiger partial charge in [0.1, 0.15) is 0 Å². The minimum Gasteiger partial charge on any atom is -0.317 e.